The van der Waals surface area contributed by atoms with Gasteiger partial charge in [0.1, 0.15) is 0 Å². The van der Waals surface area contributed by atoms with E-state index in [-0.39, 0.29) is 5.78 Å². The number of H-pyrrole nitrogens is 1. The maximum Gasteiger partial charge on any atom is 0.339 e. The molecule has 1 N–H and O–H groups in total. The summed E-state index contributed by atoms with van der Waals surface area (Å²) in [5.41, 5.74) is 4.59. The zero-order chi connectivity index (χ0) is 20.2. The first-order chi connectivity index (χ1) is 14.1. The Labute approximate surface area is 176 Å². The van der Waals surface area contributed by atoms with Crippen molar-refractivity contribution in [2.45, 2.75) is 23.7 Å². The van der Waals surface area contributed by atoms with Gasteiger partial charge in [0, 0.05) is 38.7 Å². The van der Waals surface area contributed by atoms with E-state index < -0.39 is 12.1 Å². The molecular weight excluding hydrogens is 404 g/mol. The number of para-hydroxylation sites is 1. The lowest BCUT2D eigenvalue weighted by Gasteiger charge is -2.14. The van der Waals surface area contributed by atoms with Crippen molar-refractivity contribution in [3.63, 3.8) is 0 Å². The predicted molar refractivity (Wildman–Crippen MR) is 116 cm³/mol. The van der Waals surface area contributed by atoms with E-state index in [9.17, 15) is 9.59 Å². The molecule has 5 nitrogen and oxygen atoms in total. The molecule has 0 radical (unpaired) electrons. The number of aromatic amines is 1. The molecule has 0 spiro atoms. The van der Waals surface area contributed by atoms with Gasteiger partial charge < -0.3 is 9.72 Å². The van der Waals surface area contributed by atoms with E-state index in [0.29, 0.717) is 16.9 Å². The number of nitrogens with zero attached hydrogens (tertiary/aromatic N) is 1. The Morgan fingerprint density at radius 3 is 2.76 bits per heavy atom. The van der Waals surface area contributed by atoms with Crippen LogP contribution in [0, 0.1) is 0 Å². The highest BCUT2D eigenvalue weighted by Gasteiger charge is 2.24. The summed E-state index contributed by atoms with van der Waals surface area (Å²) < 4.78 is 5.52. The fraction of sp³-hybridized carbons (Fsp3) is 0.136. The van der Waals surface area contributed by atoms with Crippen LogP contribution in [0.5, 0.6) is 0 Å². The Bertz CT molecular complexity index is 1150. The van der Waals surface area contributed by atoms with E-state index >= 15 is 0 Å². The summed E-state index contributed by atoms with van der Waals surface area (Å²) in [6, 6.07) is 14.8. The second-order valence-corrected chi connectivity index (χ2v) is 8.16. The highest BCUT2D eigenvalue weighted by atomic mass is 32.2. The zero-order valence-electron chi connectivity index (χ0n) is 15.6. The number of esters is 1. The molecule has 0 aliphatic rings. The second kappa shape index (κ2) is 8.63. The Hall–Kier alpha value is -2.90. The van der Waals surface area contributed by atoms with Gasteiger partial charge >= 0.3 is 5.97 Å². The molecule has 2 heterocycles. The number of aromatic nitrogens is 2. The molecule has 1 atom stereocenters. The van der Waals surface area contributed by atoms with E-state index in [2.05, 4.69) is 9.97 Å². The average Bonchev–Trinajstić information content (AvgIpc) is 3.41. The van der Waals surface area contributed by atoms with Gasteiger partial charge in [0.05, 0.1) is 16.8 Å². The Morgan fingerprint density at radius 1 is 1.14 bits per heavy atom. The third kappa shape index (κ3) is 4.26. The number of fused-ring (bicyclic) bond motifs is 1. The first-order valence-electron chi connectivity index (χ1n) is 9.03. The van der Waals surface area contributed by atoms with Gasteiger partial charge in [0.15, 0.2) is 6.10 Å². The minimum absolute atomic E-state index is 0.233. The molecule has 0 fully saturated rings. The van der Waals surface area contributed by atoms with E-state index in [1.165, 1.54) is 11.8 Å². The Kier molecular flexibility index (Phi) is 5.78. The molecular formula is C22H18N2O3S2. The van der Waals surface area contributed by atoms with Crippen molar-refractivity contribution in [2.75, 3.05) is 0 Å². The van der Waals surface area contributed by atoms with Gasteiger partial charge in [0.25, 0.3) is 0 Å². The Balaban J connectivity index is 1.48. The van der Waals surface area contributed by atoms with Gasteiger partial charge in [-0.15, -0.1) is 23.1 Å². The van der Waals surface area contributed by atoms with Gasteiger partial charge in [-0.1, -0.05) is 30.3 Å². The van der Waals surface area contributed by atoms with E-state index in [1.807, 2.05) is 41.8 Å². The molecule has 2 aromatic carbocycles. The monoisotopic (exact) mass is 422 g/mol. The summed E-state index contributed by atoms with van der Waals surface area (Å²) in [6.45, 7) is 1.60. The summed E-state index contributed by atoms with van der Waals surface area (Å²) in [4.78, 5) is 33.8. The van der Waals surface area contributed by atoms with Gasteiger partial charge in [-0.3, -0.25) is 4.79 Å². The van der Waals surface area contributed by atoms with Crippen LogP contribution in [0.2, 0.25) is 0 Å². The van der Waals surface area contributed by atoms with Crippen LogP contribution in [0.4, 0.5) is 0 Å². The molecule has 146 valence electrons. The van der Waals surface area contributed by atoms with Gasteiger partial charge in [0.2, 0.25) is 5.78 Å². The largest absolute Gasteiger partial charge is 0.451 e. The number of ketones is 1. The van der Waals surface area contributed by atoms with Crippen molar-refractivity contribution < 1.29 is 14.3 Å². The molecule has 29 heavy (non-hydrogen) atoms. The van der Waals surface area contributed by atoms with E-state index in [1.54, 1.807) is 42.1 Å². The summed E-state index contributed by atoms with van der Waals surface area (Å²) in [7, 11) is 0. The molecule has 1 unspecified atom stereocenters. The van der Waals surface area contributed by atoms with Crippen molar-refractivity contribution >= 4 is 45.8 Å². The lowest BCUT2D eigenvalue weighted by molar-refractivity contribution is 0.0316. The standard InChI is InChI=1S/C22H18N2O3S2/c1-14(21(25)18-10-23-19-8-4-2-6-16(18)19)27-22(26)17-7-3-5-9-20(17)29-12-15-11-28-13-24-15/h2-11,13-14,23H,12H2,1H3. The topological polar surface area (TPSA) is 72.0 Å². The van der Waals surface area contributed by atoms with Crippen molar-refractivity contribution in [1.82, 2.24) is 9.97 Å². The Morgan fingerprint density at radius 2 is 1.93 bits per heavy atom. The molecule has 0 saturated carbocycles. The molecule has 0 aliphatic carbocycles. The van der Waals surface area contributed by atoms with Crippen molar-refractivity contribution in [3.05, 3.63) is 82.4 Å². The molecule has 4 rings (SSSR count). The number of benzene rings is 2. The van der Waals surface area contributed by atoms with E-state index in [0.717, 1.165) is 21.5 Å². The first-order valence-corrected chi connectivity index (χ1v) is 11.0. The minimum Gasteiger partial charge on any atom is -0.451 e. The molecule has 7 heteroatoms. The van der Waals surface area contributed by atoms with Crippen LogP contribution in [0.3, 0.4) is 0 Å². The summed E-state index contributed by atoms with van der Waals surface area (Å²) in [5, 5.41) is 2.80. The summed E-state index contributed by atoms with van der Waals surface area (Å²) in [6.07, 6.45) is 0.771. The molecule has 4 aromatic rings. The molecule has 2 aromatic heterocycles. The lowest BCUT2D eigenvalue weighted by Crippen LogP contribution is -2.24. The number of carbonyl (C=O) groups excluding carboxylic acids is 2. The number of rotatable bonds is 7. The van der Waals surface area contributed by atoms with Crippen LogP contribution < -0.4 is 0 Å². The van der Waals surface area contributed by atoms with Crippen LogP contribution in [0.15, 0.2) is 70.5 Å². The number of hydrogen-bond acceptors (Lipinski definition) is 6. The van der Waals surface area contributed by atoms with Gasteiger partial charge in [-0.05, 0) is 25.1 Å². The summed E-state index contributed by atoms with van der Waals surface area (Å²) >= 11 is 3.06. The number of nitrogens with one attached hydrogen (secondary N) is 1. The minimum atomic E-state index is -0.890. The smallest absolute Gasteiger partial charge is 0.339 e. The van der Waals surface area contributed by atoms with Crippen LogP contribution >= 0.6 is 23.1 Å². The first kappa shape index (κ1) is 19.4. The number of hydrogen-bond donors (Lipinski definition) is 1. The molecule has 0 saturated heterocycles. The summed E-state index contributed by atoms with van der Waals surface area (Å²) in [5.74, 6) is -0.0760. The van der Waals surface area contributed by atoms with Crippen LogP contribution in [-0.4, -0.2) is 27.8 Å². The normalized spacial score (nSPS) is 12.0. The quantitative estimate of drug-likeness (QED) is 0.247. The van der Waals surface area contributed by atoms with E-state index in [4.69, 9.17) is 4.74 Å². The number of ether oxygens (including phenoxy) is 1. The molecule has 0 amide bonds. The number of thiazole rings is 1. The highest BCUT2D eigenvalue weighted by Crippen LogP contribution is 2.27. The van der Waals surface area contributed by atoms with Crippen molar-refractivity contribution in [1.29, 1.82) is 0 Å². The fourth-order valence-corrected chi connectivity index (χ4v) is 4.60. The van der Waals surface area contributed by atoms with Crippen LogP contribution in [0.25, 0.3) is 10.9 Å². The number of carbonyl (C=O) groups is 2. The van der Waals surface area contributed by atoms with Crippen molar-refractivity contribution in [2.24, 2.45) is 0 Å². The molecule has 0 aliphatic heterocycles. The predicted octanol–water partition coefficient (Wildman–Crippen LogP) is 5.34. The zero-order valence-corrected chi connectivity index (χ0v) is 17.3. The van der Waals surface area contributed by atoms with Gasteiger partial charge in [-0.25, -0.2) is 9.78 Å². The maximum absolute atomic E-state index is 12.8. The second-order valence-electron chi connectivity index (χ2n) is 6.42. The molecule has 0 bridgehead atoms. The average molecular weight is 423 g/mol. The van der Waals surface area contributed by atoms with Crippen LogP contribution in [0.1, 0.15) is 33.3 Å². The van der Waals surface area contributed by atoms with Crippen molar-refractivity contribution in [3.8, 4) is 0 Å². The lowest BCUT2D eigenvalue weighted by atomic mass is 10.1. The number of thioether (sulfide) groups is 1. The van der Waals surface area contributed by atoms with Crippen LogP contribution in [-0.2, 0) is 10.5 Å². The maximum atomic E-state index is 12.8. The third-order valence-electron chi connectivity index (χ3n) is 4.47. The highest BCUT2D eigenvalue weighted by molar-refractivity contribution is 7.98. The third-order valence-corrected chi connectivity index (χ3v) is 6.22. The fourth-order valence-electron chi connectivity index (χ4n) is 2.99. The SMILES string of the molecule is CC(OC(=O)c1ccccc1SCc1cscn1)C(=O)c1c[nH]c2ccccc12. The van der Waals surface area contributed by atoms with Gasteiger partial charge in [-0.2, -0.15) is 0 Å². The number of Topliss-reactive ketones (excluding diaryl/α,β-unsaturated/α-hetero) is 1.